The average molecular weight is 900 g/mol. The summed E-state index contributed by atoms with van der Waals surface area (Å²) in [6.45, 7) is 13.4. The third-order valence-corrected chi connectivity index (χ3v) is 14.0. The van der Waals surface area contributed by atoms with Crippen molar-refractivity contribution in [3.05, 3.63) is 0 Å². The van der Waals surface area contributed by atoms with Crippen LogP contribution in [-0.4, -0.2) is 125 Å². The molecule has 3 fully saturated rings. The SMILES string of the molecule is CCCCC(C)CC1NC(=O)C(CC2CCCCC2)N(C)C(=O)C(CC2CCCC2)NC(=O)[C@H](CC(C)C)N(C)C(=O)C(CC(C)C)NC(O)[C@@H](CCC#N)OC(=O)C(C)N(C)C1=O. The van der Waals surface area contributed by atoms with E-state index in [9.17, 15) is 34.3 Å². The summed E-state index contributed by atoms with van der Waals surface area (Å²) in [6.07, 6.45) is 10.3. The third-order valence-electron chi connectivity index (χ3n) is 14.0. The Balaban J connectivity index is 2.23. The van der Waals surface area contributed by atoms with Crippen LogP contribution >= 0.6 is 0 Å². The molecule has 3 rings (SSSR count). The Hall–Kier alpha value is -3.77. The minimum Gasteiger partial charge on any atom is -0.457 e. The van der Waals surface area contributed by atoms with Gasteiger partial charge < -0.3 is 35.2 Å². The van der Waals surface area contributed by atoms with E-state index in [-0.39, 0.29) is 55.3 Å². The number of cyclic esters (lactones) is 1. The second-order valence-electron chi connectivity index (χ2n) is 20.4. The van der Waals surface area contributed by atoms with Crippen molar-refractivity contribution in [1.29, 1.82) is 5.26 Å². The molecule has 4 N–H and O–H groups in total. The van der Waals surface area contributed by atoms with Crippen LogP contribution in [0.5, 0.6) is 0 Å². The van der Waals surface area contributed by atoms with E-state index in [1.807, 2.05) is 40.7 Å². The lowest BCUT2D eigenvalue weighted by Gasteiger charge is -2.37. The van der Waals surface area contributed by atoms with Gasteiger partial charge in [-0.05, 0) is 68.6 Å². The maximum atomic E-state index is 15.0. The van der Waals surface area contributed by atoms with Crippen molar-refractivity contribution in [2.75, 3.05) is 21.1 Å². The molecule has 364 valence electrons. The summed E-state index contributed by atoms with van der Waals surface area (Å²) >= 11 is 0. The van der Waals surface area contributed by atoms with Crippen LogP contribution in [0.25, 0.3) is 0 Å². The van der Waals surface area contributed by atoms with Gasteiger partial charge in [-0.1, -0.05) is 119 Å². The molecule has 0 bridgehead atoms. The zero-order chi connectivity index (χ0) is 47.7. The zero-order valence-electron chi connectivity index (χ0n) is 41.0. The first-order chi connectivity index (χ1) is 30.3. The number of ether oxygens (including phenoxy) is 1. The number of rotatable bonds is 15. The van der Waals surface area contributed by atoms with Crippen LogP contribution in [0.3, 0.4) is 0 Å². The molecule has 2 saturated carbocycles. The van der Waals surface area contributed by atoms with Crippen LogP contribution < -0.4 is 16.0 Å². The highest BCUT2D eigenvalue weighted by Crippen LogP contribution is 2.32. The van der Waals surface area contributed by atoms with Gasteiger partial charge in [0.05, 0.1) is 12.1 Å². The van der Waals surface area contributed by atoms with Gasteiger partial charge >= 0.3 is 5.97 Å². The van der Waals surface area contributed by atoms with E-state index >= 15 is 4.79 Å². The maximum Gasteiger partial charge on any atom is 0.328 e. The summed E-state index contributed by atoms with van der Waals surface area (Å²) in [5, 5.41) is 30.3. The number of likely N-dealkylation sites (N-methyl/N-ethyl adjacent to an activating group) is 3. The number of aliphatic hydroxyl groups is 1. The lowest BCUT2D eigenvalue weighted by Crippen LogP contribution is -2.60. The van der Waals surface area contributed by atoms with Crippen molar-refractivity contribution in [3.8, 4) is 6.07 Å². The number of nitrogens with zero attached hydrogens (tertiary/aromatic N) is 4. The maximum absolute atomic E-state index is 15.0. The van der Waals surface area contributed by atoms with Gasteiger partial charge in [-0.25, -0.2) is 4.79 Å². The zero-order valence-corrected chi connectivity index (χ0v) is 41.0. The van der Waals surface area contributed by atoms with E-state index in [4.69, 9.17) is 4.74 Å². The summed E-state index contributed by atoms with van der Waals surface area (Å²) in [4.78, 5) is 91.7. The molecule has 64 heavy (non-hydrogen) atoms. The van der Waals surface area contributed by atoms with Crippen LogP contribution in [0.15, 0.2) is 0 Å². The lowest BCUT2D eigenvalue weighted by molar-refractivity contribution is -0.166. The number of carbonyl (C=O) groups is 6. The minimum atomic E-state index is -1.59. The summed E-state index contributed by atoms with van der Waals surface area (Å²) in [5.74, 6) is -2.79. The molecule has 0 spiro atoms. The molecule has 9 atom stereocenters. The van der Waals surface area contributed by atoms with Gasteiger partial charge in [0.25, 0.3) is 0 Å². The fourth-order valence-electron chi connectivity index (χ4n) is 9.85. The Labute approximate surface area is 384 Å². The predicted octanol–water partition coefficient (Wildman–Crippen LogP) is 5.82. The molecule has 15 heteroatoms. The molecule has 2 aliphatic carbocycles. The van der Waals surface area contributed by atoms with Gasteiger partial charge in [0.15, 0.2) is 0 Å². The van der Waals surface area contributed by atoms with Crippen LogP contribution in [0.4, 0.5) is 0 Å². The molecule has 0 aromatic rings. The van der Waals surface area contributed by atoms with Crippen molar-refractivity contribution < 1.29 is 38.6 Å². The van der Waals surface area contributed by atoms with E-state index in [1.54, 1.807) is 14.1 Å². The monoisotopic (exact) mass is 900 g/mol. The number of hydrogen-bond donors (Lipinski definition) is 4. The van der Waals surface area contributed by atoms with Crippen LogP contribution in [0, 0.1) is 40.9 Å². The average Bonchev–Trinajstić information content (AvgIpc) is 3.78. The highest BCUT2D eigenvalue weighted by atomic mass is 16.6. The highest BCUT2D eigenvalue weighted by Gasteiger charge is 2.41. The molecule has 5 amide bonds. The summed E-state index contributed by atoms with van der Waals surface area (Å²) in [7, 11) is 4.66. The van der Waals surface area contributed by atoms with Gasteiger partial charge in [0.1, 0.15) is 42.5 Å². The number of unbranched alkanes of at least 4 members (excludes halogenated alkanes) is 1. The van der Waals surface area contributed by atoms with Gasteiger partial charge in [-0.2, -0.15) is 5.26 Å². The Bertz CT molecular complexity index is 1560. The van der Waals surface area contributed by atoms with E-state index in [2.05, 4.69) is 22.9 Å². The van der Waals surface area contributed by atoms with Gasteiger partial charge in [-0.15, -0.1) is 0 Å². The molecule has 1 aliphatic heterocycles. The molecule has 3 aliphatic rings. The largest absolute Gasteiger partial charge is 0.457 e. The molecule has 7 unspecified atom stereocenters. The number of esters is 1. The Morgan fingerprint density at radius 2 is 1.22 bits per heavy atom. The molecular weight excluding hydrogens is 815 g/mol. The Morgan fingerprint density at radius 1 is 0.703 bits per heavy atom. The molecule has 0 radical (unpaired) electrons. The van der Waals surface area contributed by atoms with Gasteiger partial charge in [-0.3, -0.25) is 29.3 Å². The first-order valence-electron chi connectivity index (χ1n) is 24.7. The Morgan fingerprint density at radius 3 is 1.80 bits per heavy atom. The predicted molar refractivity (Wildman–Crippen MR) is 247 cm³/mol. The van der Waals surface area contributed by atoms with Crippen molar-refractivity contribution in [2.24, 2.45) is 29.6 Å². The number of amides is 5. The standard InChI is InChI=1S/C49H85N7O8/c1-11-12-19-33(6)28-38-46(60)54(8)34(7)49(63)64-42(24-18-25-50)45(59)53-37(26-31(2)3)47(61)55(9)40(27-32(4)5)43(57)52-39(29-35-22-16-17-23-35)48(62)56(10)41(44(58)51-38)30-36-20-14-13-15-21-36/h31-42,45,53,59H,11-24,26-30H2,1-10H3,(H,51,58)(H,52,57)/t33?,34?,37?,38?,39?,40-,41?,42+,45?/m0/s1. The normalized spacial score (nSPS) is 29.1. The quantitative estimate of drug-likeness (QED) is 0.145. The number of nitriles is 1. The molecule has 1 heterocycles. The highest BCUT2D eigenvalue weighted by molar-refractivity contribution is 5.96. The van der Waals surface area contributed by atoms with E-state index in [0.717, 1.165) is 77.0 Å². The van der Waals surface area contributed by atoms with Crippen molar-refractivity contribution >= 4 is 35.5 Å². The van der Waals surface area contributed by atoms with Crippen molar-refractivity contribution in [3.63, 3.8) is 0 Å². The second-order valence-corrected chi connectivity index (χ2v) is 20.4. The van der Waals surface area contributed by atoms with Crippen molar-refractivity contribution in [1.82, 2.24) is 30.7 Å². The molecule has 1 saturated heterocycles. The number of carbonyl (C=O) groups excluding carboxylic acids is 6. The third kappa shape index (κ3) is 16.6. The fraction of sp³-hybridized carbons (Fsp3) is 0.857. The van der Waals surface area contributed by atoms with Gasteiger partial charge in [0.2, 0.25) is 29.5 Å². The first kappa shape index (κ1) is 54.6. The molecule has 0 aromatic heterocycles. The Kier molecular flexibility index (Phi) is 23.0. The van der Waals surface area contributed by atoms with E-state index < -0.39 is 84.1 Å². The van der Waals surface area contributed by atoms with Crippen LogP contribution in [-0.2, 0) is 33.5 Å². The molecule has 0 aromatic carbocycles. The minimum absolute atomic E-state index is 0.0203. The van der Waals surface area contributed by atoms with Gasteiger partial charge in [0, 0.05) is 34.0 Å². The van der Waals surface area contributed by atoms with E-state index in [0.29, 0.717) is 19.3 Å². The molecular formula is C49H85N7O8. The fourth-order valence-corrected chi connectivity index (χ4v) is 9.85. The van der Waals surface area contributed by atoms with Crippen LogP contribution in [0.1, 0.15) is 170 Å². The number of aliphatic hydroxyl groups excluding tert-OH is 1. The summed E-state index contributed by atoms with van der Waals surface area (Å²) in [5.41, 5.74) is 0. The number of hydrogen-bond acceptors (Lipinski definition) is 10. The smallest absolute Gasteiger partial charge is 0.328 e. The first-order valence-corrected chi connectivity index (χ1v) is 24.7. The number of nitrogens with one attached hydrogen (secondary N) is 3. The summed E-state index contributed by atoms with van der Waals surface area (Å²) in [6, 6.07) is -4.06. The summed E-state index contributed by atoms with van der Waals surface area (Å²) < 4.78 is 5.87. The topological polar surface area (TPSA) is 201 Å². The molecule has 15 nitrogen and oxygen atoms in total. The van der Waals surface area contributed by atoms with E-state index in [1.165, 1.54) is 28.7 Å². The lowest BCUT2D eigenvalue weighted by atomic mass is 9.84. The second kappa shape index (κ2) is 27.0. The van der Waals surface area contributed by atoms with Crippen LogP contribution in [0.2, 0.25) is 0 Å². The van der Waals surface area contributed by atoms with Crippen molar-refractivity contribution in [2.45, 2.75) is 219 Å².